The second-order valence-corrected chi connectivity index (χ2v) is 8.12. The molecule has 1 aromatic heterocycles. The Hall–Kier alpha value is -2.43. The van der Waals surface area contributed by atoms with Crippen molar-refractivity contribution in [3.63, 3.8) is 0 Å². The second-order valence-electron chi connectivity index (χ2n) is 8.12. The van der Waals surface area contributed by atoms with E-state index in [4.69, 9.17) is 5.73 Å². The SMILES string of the molecule is CC1CCC([C@H](N)C(=O)Nc2cc(CN3C[C@@H](C(F)(F)F)NC3=O)c(F)cn2)CC1. The van der Waals surface area contributed by atoms with Crippen LogP contribution in [0.4, 0.5) is 28.2 Å². The molecule has 1 aliphatic heterocycles. The molecule has 0 unspecified atom stereocenters. The van der Waals surface area contributed by atoms with E-state index in [9.17, 15) is 27.2 Å². The summed E-state index contributed by atoms with van der Waals surface area (Å²) in [7, 11) is 0. The Morgan fingerprint density at radius 3 is 2.63 bits per heavy atom. The fourth-order valence-electron chi connectivity index (χ4n) is 3.86. The minimum Gasteiger partial charge on any atom is -0.324 e. The van der Waals surface area contributed by atoms with Gasteiger partial charge in [-0.1, -0.05) is 19.8 Å². The number of carbonyl (C=O) groups excluding carboxylic acids is 2. The number of aromatic nitrogens is 1. The first-order valence-electron chi connectivity index (χ1n) is 9.87. The van der Waals surface area contributed by atoms with Crippen LogP contribution in [0.25, 0.3) is 0 Å². The predicted octanol–water partition coefficient (Wildman–Crippen LogP) is 2.77. The maximum absolute atomic E-state index is 14.1. The zero-order valence-corrected chi connectivity index (χ0v) is 16.5. The van der Waals surface area contributed by atoms with Gasteiger partial charge >= 0.3 is 12.2 Å². The normalized spacial score (nSPS) is 25.7. The fourth-order valence-corrected chi connectivity index (χ4v) is 3.86. The Bertz CT molecular complexity index is 796. The third-order valence-electron chi connectivity index (χ3n) is 5.80. The number of rotatable bonds is 5. The first-order chi connectivity index (χ1) is 14.0. The molecule has 3 amide bonds. The summed E-state index contributed by atoms with van der Waals surface area (Å²) >= 11 is 0. The lowest BCUT2D eigenvalue weighted by Gasteiger charge is -2.29. The molecule has 2 atom stereocenters. The third-order valence-corrected chi connectivity index (χ3v) is 5.80. The van der Waals surface area contributed by atoms with Crippen molar-refractivity contribution in [1.82, 2.24) is 15.2 Å². The molecule has 2 aliphatic rings. The smallest absolute Gasteiger partial charge is 0.324 e. The van der Waals surface area contributed by atoms with Gasteiger partial charge in [-0.3, -0.25) is 4.79 Å². The zero-order valence-electron chi connectivity index (χ0n) is 16.5. The quantitative estimate of drug-likeness (QED) is 0.624. The van der Waals surface area contributed by atoms with Crippen LogP contribution in [0, 0.1) is 17.7 Å². The Morgan fingerprint density at radius 2 is 2.03 bits per heavy atom. The number of nitrogens with one attached hydrogen (secondary N) is 2. The van der Waals surface area contributed by atoms with Gasteiger partial charge in [0.25, 0.3) is 0 Å². The van der Waals surface area contributed by atoms with Gasteiger partial charge in [0.2, 0.25) is 5.91 Å². The third kappa shape index (κ3) is 5.18. The molecule has 2 fully saturated rings. The largest absolute Gasteiger partial charge is 0.410 e. The standard InChI is InChI=1S/C19H25F4N5O2/c1-10-2-4-11(5-3-10)16(24)17(29)27-15-6-12(13(20)7-25-15)8-28-9-14(19(21,22)23)26-18(28)30/h6-7,10-11,14,16H,2-5,8-9,24H2,1H3,(H,26,30)(H,25,27,29)/t10?,11?,14-,16-/m0/s1. The molecule has 30 heavy (non-hydrogen) atoms. The van der Waals surface area contributed by atoms with Crippen molar-refractivity contribution >= 4 is 17.8 Å². The molecule has 0 bridgehead atoms. The van der Waals surface area contributed by atoms with E-state index in [-0.39, 0.29) is 23.8 Å². The van der Waals surface area contributed by atoms with Crippen molar-refractivity contribution in [3.05, 3.63) is 23.6 Å². The van der Waals surface area contributed by atoms with Gasteiger partial charge in [0.05, 0.1) is 25.3 Å². The highest BCUT2D eigenvalue weighted by Crippen LogP contribution is 2.30. The first kappa shape index (κ1) is 22.3. The number of anilines is 1. The average molecular weight is 431 g/mol. The lowest BCUT2D eigenvalue weighted by atomic mass is 9.79. The summed E-state index contributed by atoms with van der Waals surface area (Å²) in [5, 5.41) is 4.37. The number of hydrogen-bond acceptors (Lipinski definition) is 4. The van der Waals surface area contributed by atoms with E-state index in [0.717, 1.165) is 36.8 Å². The van der Waals surface area contributed by atoms with Gasteiger partial charge in [-0.2, -0.15) is 13.2 Å². The summed E-state index contributed by atoms with van der Waals surface area (Å²) in [5.74, 6) is -0.549. The van der Waals surface area contributed by atoms with E-state index in [0.29, 0.717) is 5.92 Å². The molecule has 0 aromatic carbocycles. The lowest BCUT2D eigenvalue weighted by molar-refractivity contribution is -0.149. The summed E-state index contributed by atoms with van der Waals surface area (Å²) in [6, 6.07) is -2.47. The van der Waals surface area contributed by atoms with Crippen LogP contribution in [-0.4, -0.2) is 46.6 Å². The number of alkyl halides is 3. The van der Waals surface area contributed by atoms with Gasteiger partial charge in [0.15, 0.2) is 0 Å². The number of hydrogen-bond donors (Lipinski definition) is 3. The number of urea groups is 1. The van der Waals surface area contributed by atoms with Crippen molar-refractivity contribution in [2.45, 2.75) is 57.4 Å². The average Bonchev–Trinajstić information content (AvgIpc) is 3.05. The molecule has 11 heteroatoms. The maximum atomic E-state index is 14.1. The Kier molecular flexibility index (Phi) is 6.49. The topological polar surface area (TPSA) is 100 Å². The van der Waals surface area contributed by atoms with Crippen LogP contribution in [0.1, 0.15) is 38.2 Å². The van der Waals surface area contributed by atoms with Crippen molar-refractivity contribution in [1.29, 1.82) is 0 Å². The molecule has 1 aliphatic carbocycles. The highest BCUT2D eigenvalue weighted by molar-refractivity contribution is 5.94. The molecular weight excluding hydrogens is 406 g/mol. The monoisotopic (exact) mass is 431 g/mol. The van der Waals surface area contributed by atoms with E-state index in [1.165, 1.54) is 6.07 Å². The molecule has 1 saturated carbocycles. The van der Waals surface area contributed by atoms with Crippen molar-refractivity contribution in [2.75, 3.05) is 11.9 Å². The van der Waals surface area contributed by atoms with E-state index in [2.05, 4.69) is 17.2 Å². The molecule has 3 rings (SSSR count). The van der Waals surface area contributed by atoms with Gasteiger partial charge in [-0.25, -0.2) is 14.2 Å². The second kappa shape index (κ2) is 8.75. The molecule has 0 radical (unpaired) electrons. The highest BCUT2D eigenvalue weighted by atomic mass is 19.4. The van der Waals surface area contributed by atoms with Gasteiger partial charge in [-0.15, -0.1) is 0 Å². The number of nitrogens with two attached hydrogens (primary N) is 1. The summed E-state index contributed by atoms with van der Waals surface area (Å²) in [5.41, 5.74) is 6.02. The predicted molar refractivity (Wildman–Crippen MR) is 101 cm³/mol. The van der Waals surface area contributed by atoms with Crippen molar-refractivity contribution in [2.24, 2.45) is 17.6 Å². The van der Waals surface area contributed by atoms with E-state index in [1.807, 2.05) is 5.32 Å². The van der Waals surface area contributed by atoms with E-state index >= 15 is 0 Å². The zero-order chi connectivity index (χ0) is 22.1. The van der Waals surface area contributed by atoms with Gasteiger partial charge < -0.3 is 21.3 Å². The highest BCUT2D eigenvalue weighted by Gasteiger charge is 2.46. The number of halogens is 4. The van der Waals surface area contributed by atoms with Crippen LogP contribution in [0.3, 0.4) is 0 Å². The summed E-state index contributed by atoms with van der Waals surface area (Å²) in [6.45, 7) is 1.14. The minimum atomic E-state index is -4.59. The molecular formula is C19H25F4N5O2. The summed E-state index contributed by atoms with van der Waals surface area (Å²) in [6.07, 6.45) is -0.0330. The number of amides is 3. The van der Waals surface area contributed by atoms with Crippen molar-refractivity contribution < 1.29 is 27.2 Å². The van der Waals surface area contributed by atoms with Gasteiger partial charge in [0, 0.05) is 5.56 Å². The number of carbonyl (C=O) groups is 2. The van der Waals surface area contributed by atoms with Crippen LogP contribution < -0.4 is 16.4 Å². The number of pyridine rings is 1. The van der Waals surface area contributed by atoms with Crippen LogP contribution in [0.5, 0.6) is 0 Å². The number of nitrogens with zero attached hydrogens (tertiary/aromatic N) is 2. The van der Waals surface area contributed by atoms with Crippen LogP contribution in [0.15, 0.2) is 12.3 Å². The molecule has 0 spiro atoms. The first-order valence-corrected chi connectivity index (χ1v) is 9.87. The summed E-state index contributed by atoms with van der Waals surface area (Å²) < 4.78 is 52.5. The van der Waals surface area contributed by atoms with Crippen molar-refractivity contribution in [3.8, 4) is 0 Å². The minimum absolute atomic E-state index is 0.0306. The van der Waals surface area contributed by atoms with Crippen LogP contribution >= 0.6 is 0 Å². The Balaban J connectivity index is 1.64. The van der Waals surface area contributed by atoms with E-state index in [1.54, 1.807) is 0 Å². The molecule has 4 N–H and O–H groups in total. The van der Waals surface area contributed by atoms with Crippen LogP contribution in [0.2, 0.25) is 0 Å². The Labute approximate surface area is 171 Å². The molecule has 1 aromatic rings. The van der Waals surface area contributed by atoms with Gasteiger partial charge in [-0.05, 0) is 30.7 Å². The summed E-state index contributed by atoms with van der Waals surface area (Å²) in [4.78, 5) is 28.9. The van der Waals surface area contributed by atoms with E-state index < -0.39 is 42.6 Å². The fraction of sp³-hybridized carbons (Fsp3) is 0.632. The van der Waals surface area contributed by atoms with Gasteiger partial charge in [0.1, 0.15) is 17.7 Å². The molecule has 7 nitrogen and oxygen atoms in total. The molecule has 166 valence electrons. The maximum Gasteiger partial charge on any atom is 0.410 e. The molecule has 1 saturated heterocycles. The van der Waals surface area contributed by atoms with Crippen LogP contribution in [-0.2, 0) is 11.3 Å². The molecule has 2 heterocycles. The lowest BCUT2D eigenvalue weighted by Crippen LogP contribution is -2.43. The Morgan fingerprint density at radius 1 is 1.37 bits per heavy atom.